The van der Waals surface area contributed by atoms with Crippen LogP contribution in [0, 0.1) is 0 Å². The summed E-state index contributed by atoms with van der Waals surface area (Å²) in [5.41, 5.74) is 0. The molecule has 0 spiro atoms. The third kappa shape index (κ3) is 3.14. The summed E-state index contributed by atoms with van der Waals surface area (Å²) in [6.07, 6.45) is 0. The molecule has 0 fully saturated rings. The molecule has 3 rings (SSSR count). The molecule has 0 radical (unpaired) electrons. The Bertz CT molecular complexity index is 529. The van der Waals surface area contributed by atoms with E-state index in [-0.39, 0.29) is 6.15 Å². The molecule has 102 valence electrons. The second kappa shape index (κ2) is 7.00. The first-order chi connectivity index (χ1) is 9.45. The third-order valence-corrected chi connectivity index (χ3v) is 6.55. The summed E-state index contributed by atoms with van der Waals surface area (Å²) in [5.74, 6) is 0. The van der Waals surface area contributed by atoms with Gasteiger partial charge in [-0.2, -0.15) is 0 Å². The summed E-state index contributed by atoms with van der Waals surface area (Å²) in [6.45, 7) is 0. The van der Waals surface area contributed by atoms with Crippen LogP contribution in [0.2, 0.25) is 0 Å². The second-order valence-corrected chi connectivity index (χ2v) is 7.53. The van der Waals surface area contributed by atoms with Gasteiger partial charge in [0.25, 0.3) is 0 Å². The van der Waals surface area contributed by atoms with Crippen molar-refractivity contribution >= 4 is 23.8 Å². The van der Waals surface area contributed by atoms with Crippen molar-refractivity contribution in [3.8, 4) is 0 Å². The average molecular weight is 281 g/mol. The van der Waals surface area contributed by atoms with Gasteiger partial charge in [0, 0.05) is 0 Å². The Morgan fingerprint density at radius 1 is 0.400 bits per heavy atom. The molecule has 0 aliphatic rings. The summed E-state index contributed by atoms with van der Waals surface area (Å²) in [7, 11) is -1.31. The van der Waals surface area contributed by atoms with Gasteiger partial charge in [-0.1, -0.05) is 0 Å². The van der Waals surface area contributed by atoms with Crippen molar-refractivity contribution in [3.05, 3.63) is 91.0 Å². The van der Waals surface area contributed by atoms with Crippen LogP contribution in [0.3, 0.4) is 0 Å². The number of hydrogen-bond acceptors (Lipinski definition) is 1. The van der Waals surface area contributed by atoms with E-state index in [1.807, 2.05) is 0 Å². The van der Waals surface area contributed by atoms with Crippen LogP contribution in [0.4, 0.5) is 0 Å². The maximum absolute atomic E-state index is 2.26. The van der Waals surface area contributed by atoms with E-state index in [1.165, 1.54) is 15.9 Å². The van der Waals surface area contributed by atoms with Crippen LogP contribution in [-0.4, -0.2) is 0 Å². The predicted molar refractivity (Wildman–Crippen MR) is 93.0 cm³/mol. The Labute approximate surface area is 121 Å². The first kappa shape index (κ1) is 14.5. The first-order valence-corrected chi connectivity index (χ1v) is 8.33. The molecule has 0 bridgehead atoms. The van der Waals surface area contributed by atoms with Crippen LogP contribution in [0.25, 0.3) is 0 Å². The Morgan fingerprint density at radius 2 is 0.650 bits per heavy atom. The van der Waals surface area contributed by atoms with Crippen molar-refractivity contribution in [3.63, 3.8) is 0 Å². The van der Waals surface area contributed by atoms with E-state index < -0.39 is 7.92 Å². The van der Waals surface area contributed by atoms with Crippen molar-refractivity contribution in [2.45, 2.75) is 0 Å². The van der Waals surface area contributed by atoms with Crippen LogP contribution in [-0.2, 0) is 0 Å². The van der Waals surface area contributed by atoms with E-state index in [2.05, 4.69) is 91.0 Å². The fraction of sp³-hybridized carbons (Fsp3) is 0. The van der Waals surface area contributed by atoms with Gasteiger partial charge in [0.05, 0.1) is 0 Å². The quantitative estimate of drug-likeness (QED) is 0.736. The zero-order chi connectivity index (χ0) is 12.9. The van der Waals surface area contributed by atoms with E-state index in [0.717, 1.165) is 0 Å². The van der Waals surface area contributed by atoms with Gasteiger partial charge >= 0.3 is 115 Å². The summed E-state index contributed by atoms with van der Waals surface area (Å²) in [4.78, 5) is 0. The Balaban J connectivity index is 0.00000147. The molecule has 0 saturated carbocycles. The number of hydrogen-bond donors (Lipinski definition) is 1. The van der Waals surface area contributed by atoms with Crippen LogP contribution in [0.5, 0.6) is 0 Å². The van der Waals surface area contributed by atoms with Gasteiger partial charge in [-0.3, -0.25) is 0 Å². The first-order valence-electron chi connectivity index (χ1n) is 6.60. The standard InChI is InChI=1S/C18H17P.H3N/c1-4-10-16(11-5-1)19(17-12-6-2-7-13-17)18-14-8-3-9-15-18;/h1-15H,19H2;1H3. The van der Waals surface area contributed by atoms with Crippen molar-refractivity contribution in [1.82, 2.24) is 6.15 Å². The van der Waals surface area contributed by atoms with Crippen LogP contribution >= 0.6 is 7.92 Å². The average Bonchev–Trinajstić information content (AvgIpc) is 2.51. The molecule has 0 aliphatic carbocycles. The SMILES string of the molecule is N.c1ccc([PH2](c2ccccc2)c2ccccc2)cc1. The van der Waals surface area contributed by atoms with E-state index >= 15 is 0 Å². The van der Waals surface area contributed by atoms with E-state index in [1.54, 1.807) is 0 Å². The molecule has 1 nitrogen and oxygen atoms in total. The number of rotatable bonds is 3. The van der Waals surface area contributed by atoms with Crippen LogP contribution in [0.15, 0.2) is 91.0 Å². The Kier molecular flexibility index (Phi) is 5.06. The van der Waals surface area contributed by atoms with Crippen LogP contribution < -0.4 is 22.1 Å². The topological polar surface area (TPSA) is 35.0 Å². The molecule has 2 heteroatoms. The van der Waals surface area contributed by atoms with Gasteiger partial charge in [0.2, 0.25) is 0 Å². The molecule has 3 aromatic carbocycles. The van der Waals surface area contributed by atoms with Gasteiger partial charge < -0.3 is 6.15 Å². The van der Waals surface area contributed by atoms with E-state index in [0.29, 0.717) is 0 Å². The molecule has 0 aromatic heterocycles. The molecule has 0 amide bonds. The predicted octanol–water partition coefficient (Wildman–Crippen LogP) is 3.07. The third-order valence-electron chi connectivity index (χ3n) is 3.40. The van der Waals surface area contributed by atoms with Gasteiger partial charge in [0.1, 0.15) is 0 Å². The fourth-order valence-electron chi connectivity index (χ4n) is 2.51. The van der Waals surface area contributed by atoms with E-state index in [4.69, 9.17) is 0 Å². The molecular weight excluding hydrogens is 261 g/mol. The zero-order valence-corrected chi connectivity index (χ0v) is 12.6. The molecule has 0 atom stereocenters. The summed E-state index contributed by atoms with van der Waals surface area (Å²) < 4.78 is 0. The van der Waals surface area contributed by atoms with Gasteiger partial charge in [-0.25, -0.2) is 0 Å². The second-order valence-electron chi connectivity index (χ2n) is 4.67. The molecule has 3 aromatic rings. The fourth-order valence-corrected chi connectivity index (χ4v) is 5.49. The summed E-state index contributed by atoms with van der Waals surface area (Å²) in [6, 6.07) is 32.7. The monoisotopic (exact) mass is 281 g/mol. The molecule has 0 heterocycles. The molecule has 0 aliphatic heterocycles. The summed E-state index contributed by atoms with van der Waals surface area (Å²) in [5, 5.41) is 4.42. The molecule has 0 unspecified atom stereocenters. The van der Waals surface area contributed by atoms with Gasteiger partial charge in [-0.15, -0.1) is 0 Å². The molecule has 3 N–H and O–H groups in total. The van der Waals surface area contributed by atoms with Crippen LogP contribution in [0.1, 0.15) is 0 Å². The zero-order valence-electron chi connectivity index (χ0n) is 11.4. The normalized spacial score (nSPS) is 10.5. The van der Waals surface area contributed by atoms with Crippen molar-refractivity contribution < 1.29 is 0 Å². The maximum atomic E-state index is 2.26. The van der Waals surface area contributed by atoms with Crippen molar-refractivity contribution in [2.24, 2.45) is 0 Å². The molecule has 20 heavy (non-hydrogen) atoms. The minimum absolute atomic E-state index is 0. The number of benzene rings is 3. The van der Waals surface area contributed by atoms with Crippen molar-refractivity contribution in [1.29, 1.82) is 0 Å². The van der Waals surface area contributed by atoms with E-state index in [9.17, 15) is 0 Å². The molecular formula is C18H20NP. The molecule has 0 saturated heterocycles. The Hall–Kier alpha value is -1.95. The summed E-state index contributed by atoms with van der Waals surface area (Å²) >= 11 is 0. The minimum atomic E-state index is -1.31. The van der Waals surface area contributed by atoms with Crippen molar-refractivity contribution in [2.75, 3.05) is 0 Å². The Morgan fingerprint density at radius 3 is 0.900 bits per heavy atom. The van der Waals surface area contributed by atoms with Gasteiger partial charge in [-0.05, 0) is 0 Å². The van der Waals surface area contributed by atoms with Gasteiger partial charge in [0.15, 0.2) is 0 Å².